The fraction of sp³-hybridized carbons (Fsp3) is 0.440. The summed E-state index contributed by atoms with van der Waals surface area (Å²) in [5, 5.41) is 3.08. The second-order valence-electron chi connectivity index (χ2n) is 8.50. The average Bonchev–Trinajstić information content (AvgIpc) is 3.17. The summed E-state index contributed by atoms with van der Waals surface area (Å²) >= 11 is 0. The van der Waals surface area contributed by atoms with Crippen LogP contribution < -0.4 is 10.2 Å². The van der Waals surface area contributed by atoms with Gasteiger partial charge in [0.25, 0.3) is 0 Å². The first-order chi connectivity index (χ1) is 15.0. The molecule has 31 heavy (non-hydrogen) atoms. The molecule has 164 valence electrons. The van der Waals surface area contributed by atoms with Crippen LogP contribution in [0.5, 0.6) is 0 Å². The van der Waals surface area contributed by atoms with Crippen molar-refractivity contribution in [1.29, 1.82) is 0 Å². The van der Waals surface area contributed by atoms with E-state index in [-0.39, 0.29) is 24.2 Å². The lowest BCUT2D eigenvalue weighted by molar-refractivity contribution is -0.126. The van der Waals surface area contributed by atoms with Crippen molar-refractivity contribution in [3.8, 4) is 0 Å². The van der Waals surface area contributed by atoms with Crippen molar-refractivity contribution in [1.82, 2.24) is 10.2 Å². The van der Waals surface area contributed by atoms with E-state index in [0.29, 0.717) is 13.1 Å². The Balaban J connectivity index is 1.37. The highest BCUT2D eigenvalue weighted by atomic mass is 16.5. The molecule has 0 aromatic heterocycles. The number of hydrogen-bond donors (Lipinski definition) is 1. The molecule has 6 heteroatoms. The fourth-order valence-corrected chi connectivity index (χ4v) is 4.36. The number of anilines is 1. The van der Waals surface area contributed by atoms with Crippen LogP contribution in [0.1, 0.15) is 28.7 Å². The van der Waals surface area contributed by atoms with E-state index in [1.165, 1.54) is 5.56 Å². The maximum atomic E-state index is 12.9. The predicted molar refractivity (Wildman–Crippen MR) is 121 cm³/mol. The smallest absolute Gasteiger partial charge is 0.227 e. The molecule has 2 aromatic rings. The Bertz CT molecular complexity index is 953. The number of benzene rings is 2. The number of aryl methyl sites for hydroxylation is 1. The van der Waals surface area contributed by atoms with E-state index in [1.54, 1.807) is 4.90 Å². The SMILES string of the molecule is Cc1cccc(N2CC(C(=O)NCc3ccccc3CN3CCOCC3)CC2=O)c1C. The zero-order valence-corrected chi connectivity index (χ0v) is 18.4. The van der Waals surface area contributed by atoms with Gasteiger partial charge in [0.05, 0.1) is 19.1 Å². The lowest BCUT2D eigenvalue weighted by Crippen LogP contribution is -2.36. The fourth-order valence-electron chi connectivity index (χ4n) is 4.36. The number of rotatable bonds is 6. The molecule has 2 aromatic carbocycles. The molecule has 2 aliphatic heterocycles. The molecule has 6 nitrogen and oxygen atoms in total. The third-order valence-electron chi connectivity index (χ3n) is 6.43. The monoisotopic (exact) mass is 421 g/mol. The van der Waals surface area contributed by atoms with Gasteiger partial charge < -0.3 is 15.0 Å². The lowest BCUT2D eigenvalue weighted by Gasteiger charge is -2.27. The van der Waals surface area contributed by atoms with Crippen molar-refractivity contribution >= 4 is 17.5 Å². The number of hydrogen-bond acceptors (Lipinski definition) is 4. The summed E-state index contributed by atoms with van der Waals surface area (Å²) in [5.74, 6) is -0.359. The molecule has 0 saturated carbocycles. The minimum atomic E-state index is -0.321. The Labute approximate surface area is 184 Å². The van der Waals surface area contributed by atoms with E-state index in [9.17, 15) is 9.59 Å². The first kappa shape index (κ1) is 21.5. The molecule has 1 atom stereocenters. The largest absolute Gasteiger partial charge is 0.379 e. The predicted octanol–water partition coefficient (Wildman–Crippen LogP) is 2.80. The van der Waals surface area contributed by atoms with Gasteiger partial charge in [-0.15, -0.1) is 0 Å². The summed E-state index contributed by atoms with van der Waals surface area (Å²) in [6.45, 7) is 9.24. The summed E-state index contributed by atoms with van der Waals surface area (Å²) < 4.78 is 5.44. The maximum absolute atomic E-state index is 12.9. The lowest BCUT2D eigenvalue weighted by atomic mass is 10.0. The van der Waals surface area contributed by atoms with Crippen LogP contribution in [0.3, 0.4) is 0 Å². The number of nitrogens with zero attached hydrogens (tertiary/aromatic N) is 2. The minimum Gasteiger partial charge on any atom is -0.379 e. The second kappa shape index (κ2) is 9.62. The number of carbonyl (C=O) groups excluding carboxylic acids is 2. The van der Waals surface area contributed by atoms with Crippen molar-refractivity contribution in [2.75, 3.05) is 37.7 Å². The number of carbonyl (C=O) groups is 2. The van der Waals surface area contributed by atoms with Gasteiger partial charge in [-0.1, -0.05) is 36.4 Å². The molecule has 0 bridgehead atoms. The summed E-state index contributed by atoms with van der Waals surface area (Å²) in [5.41, 5.74) is 5.50. The van der Waals surface area contributed by atoms with Crippen molar-refractivity contribution in [2.45, 2.75) is 33.4 Å². The van der Waals surface area contributed by atoms with Crippen LogP contribution in [0.2, 0.25) is 0 Å². The van der Waals surface area contributed by atoms with Gasteiger partial charge in [-0.05, 0) is 42.2 Å². The number of ether oxygens (including phenoxy) is 1. The van der Waals surface area contributed by atoms with Gasteiger partial charge >= 0.3 is 0 Å². The first-order valence-corrected chi connectivity index (χ1v) is 11.0. The Morgan fingerprint density at radius 1 is 1.06 bits per heavy atom. The van der Waals surface area contributed by atoms with Crippen LogP contribution in [0.25, 0.3) is 0 Å². The van der Waals surface area contributed by atoms with E-state index in [0.717, 1.165) is 55.2 Å². The van der Waals surface area contributed by atoms with Gasteiger partial charge in [-0.2, -0.15) is 0 Å². The van der Waals surface area contributed by atoms with Crippen LogP contribution in [0.4, 0.5) is 5.69 Å². The normalized spacial score (nSPS) is 19.6. The zero-order chi connectivity index (χ0) is 21.8. The molecule has 2 aliphatic rings. The maximum Gasteiger partial charge on any atom is 0.227 e. The molecular weight excluding hydrogens is 390 g/mol. The first-order valence-electron chi connectivity index (χ1n) is 11.0. The molecule has 0 radical (unpaired) electrons. The van der Waals surface area contributed by atoms with Crippen molar-refractivity contribution in [3.63, 3.8) is 0 Å². The third-order valence-corrected chi connectivity index (χ3v) is 6.43. The molecule has 4 rings (SSSR count). The number of morpholine rings is 1. The Morgan fingerprint density at radius 3 is 2.58 bits per heavy atom. The standard InChI is InChI=1S/C25H31N3O3/c1-18-6-5-9-23(19(18)2)28-17-22(14-24(28)29)25(30)26-15-20-7-3-4-8-21(20)16-27-10-12-31-13-11-27/h3-9,22H,10-17H2,1-2H3,(H,26,30). The van der Waals surface area contributed by atoms with Crippen LogP contribution in [-0.4, -0.2) is 49.6 Å². The zero-order valence-electron chi connectivity index (χ0n) is 18.4. The van der Waals surface area contributed by atoms with Gasteiger partial charge in [0.2, 0.25) is 11.8 Å². The van der Waals surface area contributed by atoms with Gasteiger partial charge in [-0.25, -0.2) is 0 Å². The topological polar surface area (TPSA) is 61.9 Å². The van der Waals surface area contributed by atoms with E-state index < -0.39 is 0 Å². The van der Waals surface area contributed by atoms with Gasteiger partial charge in [0, 0.05) is 44.8 Å². The molecule has 0 spiro atoms. The summed E-state index contributed by atoms with van der Waals surface area (Å²) in [4.78, 5) is 29.7. The summed E-state index contributed by atoms with van der Waals surface area (Å²) in [6, 6.07) is 14.2. The Hall–Kier alpha value is -2.70. The highest BCUT2D eigenvalue weighted by molar-refractivity contribution is 6.00. The minimum absolute atomic E-state index is 0.0153. The summed E-state index contributed by atoms with van der Waals surface area (Å²) in [7, 11) is 0. The van der Waals surface area contributed by atoms with Crippen LogP contribution in [0.15, 0.2) is 42.5 Å². The Kier molecular flexibility index (Phi) is 6.68. The van der Waals surface area contributed by atoms with E-state index >= 15 is 0 Å². The van der Waals surface area contributed by atoms with Crippen LogP contribution >= 0.6 is 0 Å². The molecule has 2 amide bonds. The molecule has 0 aliphatic carbocycles. The van der Waals surface area contributed by atoms with Crippen LogP contribution in [0, 0.1) is 19.8 Å². The van der Waals surface area contributed by atoms with Crippen LogP contribution in [-0.2, 0) is 27.4 Å². The number of nitrogens with one attached hydrogen (secondary N) is 1. The van der Waals surface area contributed by atoms with Crippen molar-refractivity contribution < 1.29 is 14.3 Å². The van der Waals surface area contributed by atoms with E-state index in [2.05, 4.69) is 22.3 Å². The summed E-state index contributed by atoms with van der Waals surface area (Å²) in [6.07, 6.45) is 0.259. The highest BCUT2D eigenvalue weighted by Crippen LogP contribution is 2.29. The van der Waals surface area contributed by atoms with Crippen molar-refractivity contribution in [3.05, 3.63) is 64.7 Å². The second-order valence-corrected chi connectivity index (χ2v) is 8.50. The van der Waals surface area contributed by atoms with E-state index in [1.807, 2.05) is 44.2 Å². The van der Waals surface area contributed by atoms with Gasteiger partial charge in [0.15, 0.2) is 0 Å². The average molecular weight is 422 g/mol. The van der Waals surface area contributed by atoms with Crippen molar-refractivity contribution in [2.24, 2.45) is 5.92 Å². The molecule has 2 saturated heterocycles. The van der Waals surface area contributed by atoms with Gasteiger partial charge in [-0.3, -0.25) is 14.5 Å². The quantitative estimate of drug-likeness (QED) is 0.779. The Morgan fingerprint density at radius 2 is 1.81 bits per heavy atom. The molecule has 2 fully saturated rings. The highest BCUT2D eigenvalue weighted by Gasteiger charge is 2.35. The molecule has 1 N–H and O–H groups in total. The third kappa shape index (κ3) is 4.97. The van der Waals surface area contributed by atoms with E-state index in [4.69, 9.17) is 4.74 Å². The molecular formula is C25H31N3O3. The number of amides is 2. The molecule has 1 unspecified atom stereocenters. The van der Waals surface area contributed by atoms with Gasteiger partial charge in [0.1, 0.15) is 0 Å². The molecule has 2 heterocycles.